The van der Waals surface area contributed by atoms with Crippen molar-refractivity contribution in [1.29, 1.82) is 0 Å². The van der Waals surface area contributed by atoms with Gasteiger partial charge in [-0.15, -0.1) is 0 Å². The molecular weight excluding hydrogens is 650 g/mol. The van der Waals surface area contributed by atoms with Gasteiger partial charge in [0, 0.05) is 44.6 Å². The van der Waals surface area contributed by atoms with Gasteiger partial charge in [-0.2, -0.15) is 0 Å². The van der Waals surface area contributed by atoms with Crippen LogP contribution in [0.15, 0.2) is 84.9 Å². The Balaban J connectivity index is 0.000000788. The Morgan fingerprint density at radius 3 is 1.73 bits per heavy atom. The van der Waals surface area contributed by atoms with E-state index in [1.807, 2.05) is 91.8 Å². The predicted molar refractivity (Wildman–Crippen MR) is 205 cm³/mol. The lowest BCUT2D eigenvalue weighted by molar-refractivity contribution is -0.140. The Morgan fingerprint density at radius 2 is 1.20 bits per heavy atom. The number of amides is 2. The van der Waals surface area contributed by atoms with E-state index in [1.165, 1.54) is 7.11 Å². The molecule has 4 aromatic rings. The molecule has 0 spiro atoms. The van der Waals surface area contributed by atoms with E-state index in [0.717, 1.165) is 47.6 Å². The number of nitrogens with zero attached hydrogens (tertiary/aromatic N) is 2. The van der Waals surface area contributed by atoms with E-state index in [-0.39, 0.29) is 39.1 Å². The number of carboxylic acids is 1. The van der Waals surface area contributed by atoms with E-state index in [2.05, 4.69) is 15.0 Å². The number of rotatable bonds is 15. The van der Waals surface area contributed by atoms with Gasteiger partial charge in [-0.25, -0.2) is 10.3 Å². The number of fused-ring (bicyclic) bond motifs is 2. The second kappa shape index (κ2) is 26.0. The fraction of sp³-hybridized carbons (Fsp3) is 0.385. The SMILES string of the molecule is C.C.CN(CCCC(=O)NO)CCNC(=O)c1cccc2ccccc12.COC(=O)CCCN(C)CCN.O=C(O)c1cccc2ccccc12. The lowest BCUT2D eigenvalue weighted by Gasteiger charge is -2.16. The molecule has 0 bridgehead atoms. The number of aromatic carboxylic acids is 1. The average molecular weight is 708 g/mol. The van der Waals surface area contributed by atoms with Gasteiger partial charge in [-0.1, -0.05) is 87.6 Å². The summed E-state index contributed by atoms with van der Waals surface area (Å²) < 4.78 is 4.51. The molecule has 51 heavy (non-hydrogen) atoms. The Kier molecular flexibility index (Phi) is 23.5. The van der Waals surface area contributed by atoms with Crippen LogP contribution in [-0.4, -0.2) is 104 Å². The summed E-state index contributed by atoms with van der Waals surface area (Å²) in [5.41, 5.74) is 8.00. The lowest BCUT2D eigenvalue weighted by Crippen LogP contribution is -2.33. The summed E-state index contributed by atoms with van der Waals surface area (Å²) in [5, 5.41) is 24.0. The lowest BCUT2D eigenvalue weighted by atomic mass is 10.0. The molecule has 4 aromatic carbocycles. The van der Waals surface area contributed by atoms with Crippen molar-refractivity contribution in [3.8, 4) is 0 Å². The van der Waals surface area contributed by atoms with Gasteiger partial charge in [0.25, 0.3) is 5.91 Å². The van der Waals surface area contributed by atoms with Crippen LogP contribution in [0.1, 0.15) is 61.3 Å². The number of nitrogens with two attached hydrogens (primary N) is 1. The topological polar surface area (TPSA) is 175 Å². The zero-order valence-corrected chi connectivity index (χ0v) is 28.6. The number of benzene rings is 4. The Bertz CT molecular complexity index is 1620. The van der Waals surface area contributed by atoms with Crippen molar-refractivity contribution in [3.63, 3.8) is 0 Å². The zero-order chi connectivity index (χ0) is 36.0. The molecular formula is C39H57N5O7. The monoisotopic (exact) mass is 707 g/mol. The van der Waals surface area contributed by atoms with Crippen molar-refractivity contribution < 1.29 is 34.2 Å². The third-order valence-corrected chi connectivity index (χ3v) is 7.56. The number of nitrogens with one attached hydrogen (secondary N) is 2. The van der Waals surface area contributed by atoms with Crippen LogP contribution in [0.25, 0.3) is 21.5 Å². The van der Waals surface area contributed by atoms with Gasteiger partial charge in [0.05, 0.1) is 12.7 Å². The maximum Gasteiger partial charge on any atom is 0.336 e. The molecule has 280 valence electrons. The van der Waals surface area contributed by atoms with Crippen LogP contribution in [-0.2, 0) is 14.3 Å². The number of hydrogen-bond acceptors (Lipinski definition) is 9. The first-order valence-corrected chi connectivity index (χ1v) is 16.1. The van der Waals surface area contributed by atoms with Gasteiger partial charge in [-0.05, 0) is 73.7 Å². The second-order valence-corrected chi connectivity index (χ2v) is 11.3. The molecule has 6 N–H and O–H groups in total. The van der Waals surface area contributed by atoms with Crippen LogP contribution in [0.4, 0.5) is 0 Å². The molecule has 0 radical (unpaired) electrons. The molecule has 0 aliphatic heterocycles. The minimum atomic E-state index is -0.878. The first-order valence-electron chi connectivity index (χ1n) is 16.1. The number of methoxy groups -OCH3 is 1. The highest BCUT2D eigenvalue weighted by Crippen LogP contribution is 2.19. The third kappa shape index (κ3) is 17.1. The fourth-order valence-corrected chi connectivity index (χ4v) is 4.90. The van der Waals surface area contributed by atoms with Crippen molar-refractivity contribution in [3.05, 3.63) is 96.1 Å². The van der Waals surface area contributed by atoms with Crippen molar-refractivity contribution in [2.24, 2.45) is 5.73 Å². The highest BCUT2D eigenvalue weighted by Gasteiger charge is 2.10. The molecule has 0 saturated heterocycles. The Labute approximate surface area is 302 Å². The Morgan fingerprint density at radius 1 is 0.706 bits per heavy atom. The molecule has 0 fully saturated rings. The van der Waals surface area contributed by atoms with Crippen molar-refractivity contribution in [2.45, 2.75) is 40.5 Å². The highest BCUT2D eigenvalue weighted by atomic mass is 16.5. The predicted octanol–water partition coefficient (Wildman–Crippen LogP) is 5.43. The van der Waals surface area contributed by atoms with Crippen LogP contribution >= 0.6 is 0 Å². The maximum atomic E-state index is 12.4. The van der Waals surface area contributed by atoms with Gasteiger partial charge in [0.2, 0.25) is 5.91 Å². The zero-order valence-electron chi connectivity index (χ0n) is 28.6. The number of carbonyl (C=O) groups is 4. The molecule has 0 aliphatic rings. The summed E-state index contributed by atoms with van der Waals surface area (Å²) in [6, 6.07) is 26.3. The van der Waals surface area contributed by atoms with Crippen molar-refractivity contribution >= 4 is 45.3 Å². The minimum absolute atomic E-state index is 0. The van der Waals surface area contributed by atoms with Crippen molar-refractivity contribution in [2.75, 3.05) is 60.5 Å². The number of hydroxylamine groups is 1. The van der Waals surface area contributed by atoms with Crippen LogP contribution in [0.5, 0.6) is 0 Å². The van der Waals surface area contributed by atoms with E-state index >= 15 is 0 Å². The number of hydrogen-bond donors (Lipinski definition) is 5. The first-order chi connectivity index (χ1) is 23.6. The molecule has 2 amide bonds. The third-order valence-electron chi connectivity index (χ3n) is 7.56. The molecule has 0 aromatic heterocycles. The summed E-state index contributed by atoms with van der Waals surface area (Å²) in [6.07, 6.45) is 2.26. The summed E-state index contributed by atoms with van der Waals surface area (Å²) >= 11 is 0. The van der Waals surface area contributed by atoms with Crippen LogP contribution in [0.3, 0.4) is 0 Å². The van der Waals surface area contributed by atoms with Crippen LogP contribution in [0.2, 0.25) is 0 Å². The number of carbonyl (C=O) groups excluding carboxylic acids is 3. The first kappa shape index (κ1) is 46.1. The summed E-state index contributed by atoms with van der Waals surface area (Å²) in [7, 11) is 5.33. The van der Waals surface area contributed by atoms with Gasteiger partial charge in [0.1, 0.15) is 0 Å². The smallest absolute Gasteiger partial charge is 0.336 e. The number of carboxylic acid groups (broad SMARTS) is 1. The van der Waals surface area contributed by atoms with Gasteiger partial charge in [-0.3, -0.25) is 19.6 Å². The summed E-state index contributed by atoms with van der Waals surface area (Å²) in [6.45, 7) is 4.38. The highest BCUT2D eigenvalue weighted by molar-refractivity contribution is 6.07. The Hall–Kier alpha value is -4.88. The largest absolute Gasteiger partial charge is 0.478 e. The summed E-state index contributed by atoms with van der Waals surface area (Å²) in [5.74, 6) is -1.49. The van der Waals surface area contributed by atoms with Crippen LogP contribution in [0, 0.1) is 0 Å². The summed E-state index contributed by atoms with van der Waals surface area (Å²) in [4.78, 5) is 48.9. The van der Waals surface area contributed by atoms with E-state index in [0.29, 0.717) is 43.6 Å². The molecule has 0 saturated carbocycles. The molecule has 0 unspecified atom stereocenters. The van der Waals surface area contributed by atoms with E-state index in [9.17, 15) is 19.2 Å². The standard InChI is InChI=1S/C18H23N3O3.C11H8O2.C8H18N2O2.2CH4/c1-21(12-5-10-17(22)20-24)13-11-19-18(23)16-9-4-7-14-6-2-3-8-15(14)16;12-11(13)10-7-3-5-8-4-1-2-6-9(8)10;1-10(7-5-9)6-3-4-8(11)12-2;;/h2-4,6-9,24H,5,10-13H2,1H3,(H,19,23)(H,20,22);1-7H,(H,12,13);3-7,9H2,1-2H3;2*1H4. The second-order valence-electron chi connectivity index (χ2n) is 11.3. The molecule has 0 aliphatic carbocycles. The van der Waals surface area contributed by atoms with Crippen molar-refractivity contribution in [1.82, 2.24) is 20.6 Å². The van der Waals surface area contributed by atoms with Crippen LogP contribution < -0.4 is 16.5 Å². The molecule has 12 heteroatoms. The van der Waals surface area contributed by atoms with E-state index in [4.69, 9.17) is 16.0 Å². The molecule has 0 heterocycles. The minimum Gasteiger partial charge on any atom is -0.478 e. The fourth-order valence-electron chi connectivity index (χ4n) is 4.90. The number of likely N-dealkylation sites (N-methyl/N-ethyl adjacent to an activating group) is 2. The van der Waals surface area contributed by atoms with Gasteiger partial charge >= 0.3 is 11.9 Å². The average Bonchev–Trinajstić information content (AvgIpc) is 3.11. The molecule has 4 rings (SSSR count). The van der Waals surface area contributed by atoms with E-state index in [1.54, 1.807) is 17.6 Å². The molecule has 0 atom stereocenters. The normalized spacial score (nSPS) is 10.1. The van der Waals surface area contributed by atoms with Gasteiger partial charge < -0.3 is 30.7 Å². The quantitative estimate of drug-likeness (QED) is 0.0609. The molecule has 12 nitrogen and oxygen atoms in total. The number of ether oxygens (including phenoxy) is 1. The van der Waals surface area contributed by atoms with E-state index < -0.39 is 5.97 Å². The number of esters is 1. The van der Waals surface area contributed by atoms with Gasteiger partial charge in [0.15, 0.2) is 0 Å². The maximum absolute atomic E-state index is 12.4.